The van der Waals surface area contributed by atoms with Crippen LogP contribution in [0.3, 0.4) is 0 Å². The Morgan fingerprint density at radius 3 is 1.50 bits per heavy atom. The number of benzene rings is 4. The van der Waals surface area contributed by atoms with Gasteiger partial charge < -0.3 is 4.90 Å². The Hall–Kier alpha value is -3.62. The van der Waals surface area contributed by atoms with Crippen molar-refractivity contribution < 1.29 is 0 Å². The lowest BCUT2D eigenvalue weighted by atomic mass is 10.0. The predicted molar refractivity (Wildman–Crippen MR) is 139 cm³/mol. The molecule has 32 heavy (non-hydrogen) atoms. The molecule has 0 unspecified atom stereocenters. The molecule has 0 aliphatic carbocycles. The van der Waals surface area contributed by atoms with Crippen molar-refractivity contribution in [3.63, 3.8) is 0 Å². The lowest BCUT2D eigenvalue weighted by molar-refractivity contribution is 1.28. The van der Waals surface area contributed by atoms with Crippen LogP contribution >= 0.6 is 11.3 Å². The number of rotatable bonds is 5. The Balaban J connectivity index is 1.53. The van der Waals surface area contributed by atoms with Crippen molar-refractivity contribution in [2.45, 2.75) is 13.8 Å². The zero-order valence-electron chi connectivity index (χ0n) is 18.3. The van der Waals surface area contributed by atoms with Crippen molar-refractivity contribution in [1.82, 2.24) is 0 Å². The third kappa shape index (κ3) is 4.23. The Labute approximate surface area is 194 Å². The highest BCUT2D eigenvalue weighted by Crippen LogP contribution is 2.37. The molecule has 0 bridgehead atoms. The van der Waals surface area contributed by atoms with Crippen molar-refractivity contribution in [2.75, 3.05) is 4.90 Å². The van der Waals surface area contributed by atoms with Gasteiger partial charge >= 0.3 is 0 Å². The van der Waals surface area contributed by atoms with Gasteiger partial charge in [-0.3, -0.25) is 0 Å². The average Bonchev–Trinajstić information content (AvgIpc) is 3.28. The maximum atomic E-state index is 2.32. The van der Waals surface area contributed by atoms with Crippen molar-refractivity contribution in [2.24, 2.45) is 0 Å². The van der Waals surface area contributed by atoms with Crippen LogP contribution in [-0.2, 0) is 0 Å². The van der Waals surface area contributed by atoms with Crippen LogP contribution in [-0.4, -0.2) is 0 Å². The van der Waals surface area contributed by atoms with Crippen molar-refractivity contribution in [3.8, 4) is 21.6 Å². The zero-order chi connectivity index (χ0) is 21.9. The summed E-state index contributed by atoms with van der Waals surface area (Å²) in [7, 11) is 0. The molecule has 0 saturated carbocycles. The fourth-order valence-corrected chi connectivity index (χ4v) is 4.81. The molecular weight excluding hydrogens is 406 g/mol. The van der Waals surface area contributed by atoms with Gasteiger partial charge in [0.15, 0.2) is 0 Å². The molecule has 5 aromatic rings. The van der Waals surface area contributed by atoms with Crippen LogP contribution in [0.4, 0.5) is 17.1 Å². The Kier molecular flexibility index (Phi) is 5.62. The minimum atomic E-state index is 1.15. The van der Waals surface area contributed by atoms with E-state index in [0.717, 1.165) is 17.1 Å². The second kappa shape index (κ2) is 8.86. The molecular formula is C30H25NS. The second-order valence-electron chi connectivity index (χ2n) is 8.04. The largest absolute Gasteiger partial charge is 0.311 e. The Bertz CT molecular complexity index is 1300. The second-order valence-corrected chi connectivity index (χ2v) is 9.33. The summed E-state index contributed by atoms with van der Waals surface area (Å²) < 4.78 is 0. The van der Waals surface area contributed by atoms with E-state index in [-0.39, 0.29) is 0 Å². The van der Waals surface area contributed by atoms with Crippen LogP contribution in [0.1, 0.15) is 10.4 Å². The number of anilines is 3. The monoisotopic (exact) mass is 431 g/mol. The molecule has 1 heterocycles. The number of thiophene rings is 1. The first kappa shape index (κ1) is 20.3. The molecule has 0 N–H and O–H groups in total. The van der Waals surface area contributed by atoms with Crippen LogP contribution in [0.25, 0.3) is 21.6 Å². The van der Waals surface area contributed by atoms with E-state index in [0.29, 0.717) is 0 Å². The van der Waals surface area contributed by atoms with Gasteiger partial charge in [0.2, 0.25) is 0 Å². The molecule has 5 rings (SSSR count). The fourth-order valence-electron chi connectivity index (χ4n) is 3.94. The van der Waals surface area contributed by atoms with E-state index in [2.05, 4.69) is 134 Å². The third-order valence-corrected chi connectivity index (χ3v) is 6.72. The molecule has 0 spiro atoms. The van der Waals surface area contributed by atoms with Gasteiger partial charge in [0.05, 0.1) is 0 Å². The standard InChI is InChI=1S/C30H25NS/c1-22-8-15-27(16-9-22)31(28-17-11-25(12-18-28)24-6-4-3-5-7-24)29-19-13-26(14-20-29)30-21-10-23(2)32-30/h3-21H,1-2H3. The van der Waals surface area contributed by atoms with Crippen LogP contribution in [0.2, 0.25) is 0 Å². The lowest BCUT2D eigenvalue weighted by Crippen LogP contribution is -2.09. The first-order valence-corrected chi connectivity index (χ1v) is 11.7. The molecule has 4 aromatic carbocycles. The Morgan fingerprint density at radius 2 is 0.969 bits per heavy atom. The van der Waals surface area contributed by atoms with E-state index in [4.69, 9.17) is 0 Å². The average molecular weight is 432 g/mol. The van der Waals surface area contributed by atoms with E-state index < -0.39 is 0 Å². The van der Waals surface area contributed by atoms with Crippen molar-refractivity contribution in [3.05, 3.63) is 126 Å². The van der Waals surface area contributed by atoms with Gasteiger partial charge in [-0.05, 0) is 79.1 Å². The first-order valence-electron chi connectivity index (χ1n) is 10.9. The van der Waals surface area contributed by atoms with Crippen LogP contribution in [0.5, 0.6) is 0 Å². The summed E-state index contributed by atoms with van der Waals surface area (Å²) in [6, 6.07) is 41.3. The maximum absolute atomic E-state index is 2.32. The quantitative estimate of drug-likeness (QED) is 0.268. The topological polar surface area (TPSA) is 3.24 Å². The highest BCUT2D eigenvalue weighted by molar-refractivity contribution is 7.15. The molecule has 0 radical (unpaired) electrons. The highest BCUT2D eigenvalue weighted by Gasteiger charge is 2.13. The van der Waals surface area contributed by atoms with E-state index in [9.17, 15) is 0 Å². The van der Waals surface area contributed by atoms with Gasteiger partial charge in [-0.25, -0.2) is 0 Å². The van der Waals surface area contributed by atoms with E-state index in [1.165, 1.54) is 32.0 Å². The molecule has 0 aliphatic heterocycles. The predicted octanol–water partition coefficient (Wildman–Crippen LogP) is 9.17. The summed E-state index contributed by atoms with van der Waals surface area (Å²) in [5.74, 6) is 0. The number of hydrogen-bond donors (Lipinski definition) is 0. The van der Waals surface area contributed by atoms with Crippen LogP contribution in [0, 0.1) is 13.8 Å². The van der Waals surface area contributed by atoms with Gasteiger partial charge in [-0.15, -0.1) is 11.3 Å². The summed E-state index contributed by atoms with van der Waals surface area (Å²) in [6.45, 7) is 4.28. The molecule has 2 heteroatoms. The first-order chi connectivity index (χ1) is 15.7. The van der Waals surface area contributed by atoms with Gasteiger partial charge in [-0.1, -0.05) is 72.3 Å². The zero-order valence-corrected chi connectivity index (χ0v) is 19.1. The van der Waals surface area contributed by atoms with E-state index in [1.807, 2.05) is 11.3 Å². The highest BCUT2D eigenvalue weighted by atomic mass is 32.1. The molecule has 156 valence electrons. The molecule has 0 fully saturated rings. The summed E-state index contributed by atoms with van der Waals surface area (Å²) in [6.07, 6.45) is 0. The minimum absolute atomic E-state index is 1.15. The van der Waals surface area contributed by atoms with E-state index in [1.54, 1.807) is 0 Å². The fraction of sp³-hybridized carbons (Fsp3) is 0.0667. The molecule has 0 amide bonds. The van der Waals surface area contributed by atoms with Gasteiger partial charge in [0.1, 0.15) is 0 Å². The Morgan fingerprint density at radius 1 is 0.469 bits per heavy atom. The summed E-state index contributed by atoms with van der Waals surface area (Å²) in [5, 5.41) is 0. The molecule has 0 atom stereocenters. The number of nitrogens with zero attached hydrogens (tertiary/aromatic N) is 1. The SMILES string of the molecule is Cc1ccc(N(c2ccc(-c3ccccc3)cc2)c2ccc(-c3ccc(C)s3)cc2)cc1. The molecule has 0 aliphatic rings. The molecule has 0 saturated heterocycles. The molecule has 1 aromatic heterocycles. The summed E-state index contributed by atoms with van der Waals surface area (Å²) in [5.41, 5.74) is 8.43. The maximum Gasteiger partial charge on any atom is 0.0462 e. The summed E-state index contributed by atoms with van der Waals surface area (Å²) in [4.78, 5) is 4.96. The third-order valence-electron chi connectivity index (χ3n) is 5.68. The smallest absolute Gasteiger partial charge is 0.0462 e. The van der Waals surface area contributed by atoms with E-state index >= 15 is 0 Å². The van der Waals surface area contributed by atoms with Gasteiger partial charge in [0.25, 0.3) is 0 Å². The number of aryl methyl sites for hydroxylation is 2. The summed E-state index contributed by atoms with van der Waals surface area (Å²) >= 11 is 1.84. The van der Waals surface area contributed by atoms with Crippen LogP contribution < -0.4 is 4.90 Å². The van der Waals surface area contributed by atoms with Gasteiger partial charge in [0, 0.05) is 26.8 Å². The van der Waals surface area contributed by atoms with Crippen molar-refractivity contribution >= 4 is 28.4 Å². The van der Waals surface area contributed by atoms with Gasteiger partial charge in [-0.2, -0.15) is 0 Å². The minimum Gasteiger partial charge on any atom is -0.311 e. The molecule has 1 nitrogen and oxygen atoms in total. The van der Waals surface area contributed by atoms with Crippen LogP contribution in [0.15, 0.2) is 115 Å². The normalized spacial score (nSPS) is 10.8. The lowest BCUT2D eigenvalue weighted by Gasteiger charge is -2.26. The number of hydrogen-bond acceptors (Lipinski definition) is 2. The van der Waals surface area contributed by atoms with Crippen molar-refractivity contribution in [1.29, 1.82) is 0 Å².